The molecule has 0 bridgehead atoms. The van der Waals surface area contributed by atoms with Crippen molar-refractivity contribution in [1.82, 2.24) is 0 Å². The fourth-order valence-corrected chi connectivity index (χ4v) is 2.27. The number of halogens is 1. The lowest BCUT2D eigenvalue weighted by Gasteiger charge is -2.13. The summed E-state index contributed by atoms with van der Waals surface area (Å²) >= 11 is 5.90. The van der Waals surface area contributed by atoms with Crippen LogP contribution in [0.1, 0.15) is 16.7 Å². The molecule has 0 saturated carbocycles. The second-order valence-electron chi connectivity index (χ2n) is 4.81. The molecule has 2 N–H and O–H groups in total. The highest BCUT2D eigenvalue weighted by Crippen LogP contribution is 2.22. The molecule has 0 spiro atoms. The predicted molar refractivity (Wildman–Crippen MR) is 84.7 cm³/mol. The van der Waals surface area contributed by atoms with E-state index in [-0.39, 0.29) is 6.03 Å². The number of para-hydroxylation sites is 1. The SMILES string of the molecule is Cc1cc(Cl)ccc1NC(=O)Nc1c(C)cccc1C. The standard InChI is InChI=1S/C16H17ClN2O/c1-10-5-4-6-11(2)15(10)19-16(20)18-14-8-7-13(17)9-12(14)3/h4-9H,1-3H3,(H2,18,19,20). The quantitative estimate of drug-likeness (QED) is 0.810. The van der Waals surface area contributed by atoms with E-state index < -0.39 is 0 Å². The normalized spacial score (nSPS) is 10.2. The molecule has 3 nitrogen and oxygen atoms in total. The van der Waals surface area contributed by atoms with Crippen molar-refractivity contribution < 1.29 is 4.79 Å². The Labute approximate surface area is 124 Å². The summed E-state index contributed by atoms with van der Waals surface area (Å²) in [6.07, 6.45) is 0. The van der Waals surface area contributed by atoms with Crippen LogP contribution in [0.3, 0.4) is 0 Å². The molecule has 0 aliphatic carbocycles. The van der Waals surface area contributed by atoms with Gasteiger partial charge in [-0.2, -0.15) is 0 Å². The lowest BCUT2D eigenvalue weighted by Crippen LogP contribution is -2.21. The molecule has 0 unspecified atom stereocenters. The molecule has 0 saturated heterocycles. The summed E-state index contributed by atoms with van der Waals surface area (Å²) in [5, 5.41) is 6.37. The number of benzene rings is 2. The average Bonchev–Trinajstić information content (AvgIpc) is 2.37. The first kappa shape index (κ1) is 14.4. The summed E-state index contributed by atoms with van der Waals surface area (Å²) in [5.41, 5.74) is 4.59. The Bertz CT molecular complexity index is 633. The van der Waals surface area contributed by atoms with Crippen LogP contribution in [-0.2, 0) is 0 Å². The van der Waals surface area contributed by atoms with Gasteiger partial charge in [0.15, 0.2) is 0 Å². The number of carbonyl (C=O) groups excluding carboxylic acids is 1. The number of aryl methyl sites for hydroxylation is 3. The minimum atomic E-state index is -0.257. The first-order valence-corrected chi connectivity index (χ1v) is 6.75. The van der Waals surface area contributed by atoms with Crippen LogP contribution in [0.5, 0.6) is 0 Å². The van der Waals surface area contributed by atoms with Gasteiger partial charge in [0.2, 0.25) is 0 Å². The van der Waals surface area contributed by atoms with Crippen LogP contribution in [0, 0.1) is 20.8 Å². The summed E-state index contributed by atoms with van der Waals surface area (Å²) < 4.78 is 0. The van der Waals surface area contributed by atoms with Crippen LogP contribution in [-0.4, -0.2) is 6.03 Å². The molecular formula is C16H17ClN2O. The number of amides is 2. The number of rotatable bonds is 2. The molecule has 104 valence electrons. The minimum Gasteiger partial charge on any atom is -0.307 e. The van der Waals surface area contributed by atoms with Gasteiger partial charge in [0.25, 0.3) is 0 Å². The third-order valence-electron chi connectivity index (χ3n) is 3.16. The van der Waals surface area contributed by atoms with E-state index in [2.05, 4.69) is 10.6 Å². The maximum Gasteiger partial charge on any atom is 0.323 e. The fraction of sp³-hybridized carbons (Fsp3) is 0.188. The largest absolute Gasteiger partial charge is 0.323 e. The molecule has 0 aromatic heterocycles. The van der Waals surface area contributed by atoms with E-state index in [1.54, 1.807) is 12.1 Å². The summed E-state index contributed by atoms with van der Waals surface area (Å²) in [6, 6.07) is 11.0. The van der Waals surface area contributed by atoms with Crippen molar-refractivity contribution in [2.24, 2.45) is 0 Å². The Morgan fingerprint density at radius 2 is 1.60 bits per heavy atom. The smallest absolute Gasteiger partial charge is 0.307 e. The molecular weight excluding hydrogens is 272 g/mol. The van der Waals surface area contributed by atoms with Gasteiger partial charge in [0.1, 0.15) is 0 Å². The monoisotopic (exact) mass is 288 g/mol. The molecule has 0 heterocycles. The second kappa shape index (κ2) is 5.97. The molecule has 2 amide bonds. The van der Waals surface area contributed by atoms with E-state index in [1.165, 1.54) is 0 Å². The average molecular weight is 289 g/mol. The van der Waals surface area contributed by atoms with Crippen molar-refractivity contribution in [1.29, 1.82) is 0 Å². The highest BCUT2D eigenvalue weighted by atomic mass is 35.5. The molecule has 20 heavy (non-hydrogen) atoms. The van der Waals surface area contributed by atoms with Crippen LogP contribution >= 0.6 is 11.6 Å². The minimum absolute atomic E-state index is 0.257. The molecule has 2 aromatic carbocycles. The zero-order chi connectivity index (χ0) is 14.7. The van der Waals surface area contributed by atoms with Crippen LogP contribution < -0.4 is 10.6 Å². The van der Waals surface area contributed by atoms with E-state index in [4.69, 9.17) is 11.6 Å². The summed E-state index contributed by atoms with van der Waals surface area (Å²) in [4.78, 5) is 12.1. The van der Waals surface area contributed by atoms with E-state index in [1.807, 2.05) is 45.0 Å². The summed E-state index contributed by atoms with van der Waals surface area (Å²) in [5.74, 6) is 0. The van der Waals surface area contributed by atoms with Gasteiger partial charge in [-0.15, -0.1) is 0 Å². The third-order valence-corrected chi connectivity index (χ3v) is 3.39. The first-order valence-electron chi connectivity index (χ1n) is 6.38. The molecule has 4 heteroatoms. The molecule has 2 aromatic rings. The van der Waals surface area contributed by atoms with Crippen molar-refractivity contribution in [3.63, 3.8) is 0 Å². The Morgan fingerprint density at radius 1 is 0.950 bits per heavy atom. The highest BCUT2D eigenvalue weighted by molar-refractivity contribution is 6.30. The Morgan fingerprint density at radius 3 is 2.20 bits per heavy atom. The molecule has 0 aliphatic rings. The van der Waals surface area contributed by atoms with Gasteiger partial charge in [-0.05, 0) is 55.7 Å². The molecule has 2 rings (SSSR count). The fourth-order valence-electron chi connectivity index (χ4n) is 2.05. The van der Waals surface area contributed by atoms with Crippen molar-refractivity contribution in [2.45, 2.75) is 20.8 Å². The van der Waals surface area contributed by atoms with Crippen LogP contribution in [0.15, 0.2) is 36.4 Å². The lowest BCUT2D eigenvalue weighted by molar-refractivity contribution is 0.262. The Balaban J connectivity index is 2.13. The zero-order valence-electron chi connectivity index (χ0n) is 11.8. The number of anilines is 2. The van der Waals surface area contributed by atoms with Gasteiger partial charge in [-0.3, -0.25) is 0 Å². The van der Waals surface area contributed by atoms with Gasteiger partial charge in [0, 0.05) is 16.4 Å². The number of hydrogen-bond acceptors (Lipinski definition) is 1. The number of urea groups is 1. The molecule has 0 radical (unpaired) electrons. The topological polar surface area (TPSA) is 41.1 Å². The third kappa shape index (κ3) is 3.31. The van der Waals surface area contributed by atoms with E-state index in [9.17, 15) is 4.79 Å². The predicted octanol–water partition coefficient (Wildman–Crippen LogP) is 4.91. The highest BCUT2D eigenvalue weighted by Gasteiger charge is 2.08. The van der Waals surface area contributed by atoms with Crippen LogP contribution in [0.2, 0.25) is 5.02 Å². The van der Waals surface area contributed by atoms with Gasteiger partial charge in [-0.1, -0.05) is 29.8 Å². The maximum atomic E-state index is 12.1. The second-order valence-corrected chi connectivity index (χ2v) is 5.24. The van der Waals surface area contributed by atoms with Crippen LogP contribution in [0.4, 0.5) is 16.2 Å². The number of nitrogens with one attached hydrogen (secondary N) is 2. The van der Waals surface area contributed by atoms with Crippen molar-refractivity contribution in [2.75, 3.05) is 10.6 Å². The molecule has 0 atom stereocenters. The van der Waals surface area contributed by atoms with Crippen molar-refractivity contribution in [3.05, 3.63) is 58.1 Å². The van der Waals surface area contributed by atoms with Crippen molar-refractivity contribution in [3.8, 4) is 0 Å². The number of carbonyl (C=O) groups is 1. The molecule has 0 aliphatic heterocycles. The van der Waals surface area contributed by atoms with Crippen molar-refractivity contribution >= 4 is 29.0 Å². The Hall–Kier alpha value is -2.00. The lowest BCUT2D eigenvalue weighted by atomic mass is 10.1. The Kier molecular flexibility index (Phi) is 4.30. The van der Waals surface area contributed by atoms with Crippen LogP contribution in [0.25, 0.3) is 0 Å². The van der Waals surface area contributed by atoms with Gasteiger partial charge >= 0.3 is 6.03 Å². The molecule has 0 fully saturated rings. The number of hydrogen-bond donors (Lipinski definition) is 2. The first-order chi connectivity index (χ1) is 9.47. The summed E-state index contributed by atoms with van der Waals surface area (Å²) in [6.45, 7) is 5.84. The van der Waals surface area contributed by atoms with Gasteiger partial charge in [0.05, 0.1) is 0 Å². The van der Waals surface area contributed by atoms with E-state index in [0.717, 1.165) is 28.1 Å². The summed E-state index contributed by atoms with van der Waals surface area (Å²) in [7, 11) is 0. The maximum absolute atomic E-state index is 12.1. The van der Waals surface area contributed by atoms with Gasteiger partial charge in [-0.25, -0.2) is 4.79 Å². The zero-order valence-corrected chi connectivity index (χ0v) is 12.5. The van der Waals surface area contributed by atoms with E-state index >= 15 is 0 Å². The van der Waals surface area contributed by atoms with E-state index in [0.29, 0.717) is 5.02 Å². The van der Waals surface area contributed by atoms with Gasteiger partial charge < -0.3 is 10.6 Å².